The first-order valence-corrected chi connectivity index (χ1v) is 8.71. The molecule has 134 valence electrons. The van der Waals surface area contributed by atoms with E-state index in [0.717, 1.165) is 25.7 Å². The lowest BCUT2D eigenvalue weighted by Gasteiger charge is -2.28. The molecule has 3 N–H and O–H groups in total. The highest BCUT2D eigenvalue weighted by Gasteiger charge is 2.34. The van der Waals surface area contributed by atoms with Gasteiger partial charge < -0.3 is 20.3 Å². The monoisotopic (exact) mass is 344 g/mol. The Balaban J connectivity index is 1.56. The van der Waals surface area contributed by atoms with Crippen molar-refractivity contribution >= 4 is 5.91 Å². The van der Waals surface area contributed by atoms with E-state index in [0.29, 0.717) is 36.0 Å². The molecule has 1 heterocycles. The molecular weight excluding hydrogens is 320 g/mol. The van der Waals surface area contributed by atoms with Gasteiger partial charge in [0, 0.05) is 18.5 Å². The molecule has 0 bridgehead atoms. The molecule has 3 rings (SSSR count). The number of aryl methyl sites for hydroxylation is 1. The molecule has 1 saturated carbocycles. The van der Waals surface area contributed by atoms with E-state index in [9.17, 15) is 4.79 Å². The van der Waals surface area contributed by atoms with Crippen LogP contribution in [-0.2, 0) is 13.0 Å². The second kappa shape index (κ2) is 7.65. The molecule has 1 aliphatic rings. The largest absolute Gasteiger partial charge is 0.485 e. The predicted octanol–water partition coefficient (Wildman–Crippen LogP) is 2.21. The van der Waals surface area contributed by atoms with Crippen molar-refractivity contribution in [3.8, 4) is 5.75 Å². The average molecular weight is 344 g/mol. The number of benzene rings is 1. The standard InChI is InChI=1S/C18H24N4O3/c1-2-16-20-15(22-25-16)11-24-14-7-5-13(6-8-14)17(23)21-18(12-19)9-3-4-10-18/h5-8H,2-4,9-12,19H2,1H3,(H,21,23). The maximum atomic E-state index is 12.5. The van der Waals surface area contributed by atoms with E-state index < -0.39 is 0 Å². The van der Waals surface area contributed by atoms with Gasteiger partial charge in [-0.3, -0.25) is 4.79 Å². The zero-order valence-corrected chi connectivity index (χ0v) is 14.5. The van der Waals surface area contributed by atoms with Crippen LogP contribution in [-0.4, -0.2) is 28.1 Å². The number of ether oxygens (including phenoxy) is 1. The highest BCUT2D eigenvalue weighted by atomic mass is 16.5. The Morgan fingerprint density at radius 2 is 2.04 bits per heavy atom. The first-order chi connectivity index (χ1) is 12.1. The van der Waals surface area contributed by atoms with Crippen molar-refractivity contribution in [2.45, 2.75) is 51.2 Å². The van der Waals surface area contributed by atoms with Crippen LogP contribution in [0.2, 0.25) is 0 Å². The molecule has 0 unspecified atom stereocenters. The number of aromatic nitrogens is 2. The van der Waals surface area contributed by atoms with Gasteiger partial charge in [0.1, 0.15) is 5.75 Å². The van der Waals surface area contributed by atoms with Crippen molar-refractivity contribution in [2.24, 2.45) is 5.73 Å². The summed E-state index contributed by atoms with van der Waals surface area (Å²) in [7, 11) is 0. The fourth-order valence-electron chi connectivity index (χ4n) is 3.09. The predicted molar refractivity (Wildman–Crippen MR) is 92.2 cm³/mol. The van der Waals surface area contributed by atoms with Gasteiger partial charge in [0.15, 0.2) is 6.61 Å². The summed E-state index contributed by atoms with van der Waals surface area (Å²) in [5.74, 6) is 1.65. The Bertz CT molecular complexity index is 705. The molecule has 0 aliphatic heterocycles. The number of carbonyl (C=O) groups excluding carboxylic acids is 1. The molecule has 0 saturated heterocycles. The zero-order valence-electron chi connectivity index (χ0n) is 14.5. The number of nitrogens with two attached hydrogens (primary N) is 1. The summed E-state index contributed by atoms with van der Waals surface area (Å²) < 4.78 is 10.7. The van der Waals surface area contributed by atoms with E-state index in [1.54, 1.807) is 24.3 Å². The Kier molecular flexibility index (Phi) is 5.33. The summed E-state index contributed by atoms with van der Waals surface area (Å²) in [6.07, 6.45) is 4.81. The van der Waals surface area contributed by atoms with Crippen LogP contribution in [0, 0.1) is 0 Å². The summed E-state index contributed by atoms with van der Waals surface area (Å²) in [5.41, 5.74) is 6.22. The highest BCUT2D eigenvalue weighted by molar-refractivity contribution is 5.94. The Morgan fingerprint density at radius 3 is 2.64 bits per heavy atom. The summed E-state index contributed by atoms with van der Waals surface area (Å²) in [6.45, 7) is 2.65. The Labute approximate surface area is 146 Å². The van der Waals surface area contributed by atoms with E-state index in [1.165, 1.54) is 0 Å². The minimum atomic E-state index is -0.248. The second-order valence-corrected chi connectivity index (χ2v) is 6.42. The first kappa shape index (κ1) is 17.4. The zero-order chi connectivity index (χ0) is 17.7. The molecule has 25 heavy (non-hydrogen) atoms. The molecule has 1 aliphatic carbocycles. The summed E-state index contributed by atoms with van der Waals surface area (Å²) in [4.78, 5) is 16.6. The third kappa shape index (κ3) is 4.17. The van der Waals surface area contributed by atoms with Crippen LogP contribution >= 0.6 is 0 Å². The first-order valence-electron chi connectivity index (χ1n) is 8.71. The van der Waals surface area contributed by atoms with Gasteiger partial charge in [0.25, 0.3) is 5.91 Å². The summed E-state index contributed by atoms with van der Waals surface area (Å²) in [5, 5.41) is 6.94. The van der Waals surface area contributed by atoms with Gasteiger partial charge in [0.05, 0.1) is 5.54 Å². The smallest absolute Gasteiger partial charge is 0.251 e. The van der Waals surface area contributed by atoms with Crippen LogP contribution in [0.25, 0.3) is 0 Å². The van der Waals surface area contributed by atoms with Crippen LogP contribution < -0.4 is 15.8 Å². The van der Waals surface area contributed by atoms with Crippen LogP contribution in [0.5, 0.6) is 5.75 Å². The fourth-order valence-corrected chi connectivity index (χ4v) is 3.09. The lowest BCUT2D eigenvalue weighted by molar-refractivity contribution is 0.0903. The van der Waals surface area contributed by atoms with Crippen molar-refractivity contribution < 1.29 is 14.1 Å². The van der Waals surface area contributed by atoms with Gasteiger partial charge in [-0.2, -0.15) is 4.98 Å². The van der Waals surface area contributed by atoms with E-state index in [4.69, 9.17) is 15.0 Å². The molecule has 1 aromatic carbocycles. The molecule has 7 nitrogen and oxygen atoms in total. The fraction of sp³-hybridized carbons (Fsp3) is 0.500. The highest BCUT2D eigenvalue weighted by Crippen LogP contribution is 2.29. The molecule has 1 amide bonds. The van der Waals surface area contributed by atoms with Crippen LogP contribution in [0.1, 0.15) is 54.7 Å². The SMILES string of the molecule is CCc1nc(COc2ccc(C(=O)NC3(CN)CCCC3)cc2)no1. The lowest BCUT2D eigenvalue weighted by Crippen LogP contribution is -2.51. The van der Waals surface area contributed by atoms with Gasteiger partial charge >= 0.3 is 0 Å². The van der Waals surface area contributed by atoms with E-state index in [1.807, 2.05) is 6.92 Å². The van der Waals surface area contributed by atoms with Gasteiger partial charge in [0.2, 0.25) is 11.7 Å². The second-order valence-electron chi connectivity index (χ2n) is 6.42. The van der Waals surface area contributed by atoms with Crippen molar-refractivity contribution in [3.05, 3.63) is 41.5 Å². The number of rotatable bonds is 7. The Hall–Kier alpha value is -2.41. The van der Waals surface area contributed by atoms with Gasteiger partial charge in [-0.15, -0.1) is 0 Å². The molecule has 1 aromatic heterocycles. The van der Waals surface area contributed by atoms with Crippen molar-refractivity contribution in [1.29, 1.82) is 0 Å². The van der Waals surface area contributed by atoms with Crippen molar-refractivity contribution in [2.75, 3.05) is 6.54 Å². The van der Waals surface area contributed by atoms with Crippen LogP contribution in [0.15, 0.2) is 28.8 Å². The maximum absolute atomic E-state index is 12.5. The van der Waals surface area contributed by atoms with Crippen LogP contribution in [0.3, 0.4) is 0 Å². The molecule has 1 fully saturated rings. The molecule has 0 radical (unpaired) electrons. The molecule has 2 aromatic rings. The van der Waals surface area contributed by atoms with Crippen molar-refractivity contribution in [1.82, 2.24) is 15.5 Å². The summed E-state index contributed by atoms with van der Waals surface area (Å²) >= 11 is 0. The molecule has 0 spiro atoms. The average Bonchev–Trinajstić information content (AvgIpc) is 3.30. The number of hydrogen-bond acceptors (Lipinski definition) is 6. The van der Waals surface area contributed by atoms with Gasteiger partial charge in [-0.25, -0.2) is 0 Å². The third-order valence-corrected chi connectivity index (χ3v) is 4.63. The number of amides is 1. The normalized spacial score (nSPS) is 15.9. The van der Waals surface area contributed by atoms with Crippen molar-refractivity contribution in [3.63, 3.8) is 0 Å². The molecular formula is C18H24N4O3. The van der Waals surface area contributed by atoms with E-state index in [-0.39, 0.29) is 18.1 Å². The number of carbonyl (C=O) groups is 1. The summed E-state index contributed by atoms with van der Waals surface area (Å²) in [6, 6.07) is 7.02. The third-order valence-electron chi connectivity index (χ3n) is 4.63. The molecule has 7 heteroatoms. The van der Waals surface area contributed by atoms with Crippen LogP contribution in [0.4, 0.5) is 0 Å². The molecule has 0 atom stereocenters. The topological polar surface area (TPSA) is 103 Å². The van der Waals surface area contributed by atoms with E-state index >= 15 is 0 Å². The van der Waals surface area contributed by atoms with Gasteiger partial charge in [-0.1, -0.05) is 24.9 Å². The van der Waals surface area contributed by atoms with Gasteiger partial charge in [-0.05, 0) is 37.1 Å². The number of hydrogen-bond donors (Lipinski definition) is 2. The number of nitrogens with one attached hydrogen (secondary N) is 1. The minimum Gasteiger partial charge on any atom is -0.485 e. The van der Waals surface area contributed by atoms with E-state index in [2.05, 4.69) is 15.5 Å². The quantitative estimate of drug-likeness (QED) is 0.798. The Morgan fingerprint density at radius 1 is 1.32 bits per heavy atom. The lowest BCUT2D eigenvalue weighted by atomic mass is 9.97. The maximum Gasteiger partial charge on any atom is 0.251 e. The number of nitrogens with zero attached hydrogens (tertiary/aromatic N) is 2. The minimum absolute atomic E-state index is 0.0929.